The Hall–Kier alpha value is -1.34. The molecule has 78 valence electrons. The van der Waals surface area contributed by atoms with E-state index in [4.69, 9.17) is 0 Å². The summed E-state index contributed by atoms with van der Waals surface area (Å²) in [6.45, 7) is 5.51. The Kier molecular flexibility index (Phi) is 3.48. The van der Waals surface area contributed by atoms with Crippen LogP contribution in [0.4, 0.5) is 0 Å². The Balaban J connectivity index is 3.32. The largest absolute Gasteiger partial charge is 0.462 e. The molecule has 0 aliphatic rings. The molecule has 0 fully saturated rings. The number of hydrogen-bond donors (Lipinski definition) is 0. The van der Waals surface area contributed by atoms with Crippen molar-refractivity contribution >= 4 is 24.9 Å². The van der Waals surface area contributed by atoms with Crippen molar-refractivity contribution < 1.29 is 14.2 Å². The summed E-state index contributed by atoms with van der Waals surface area (Å²) in [6.07, 6.45) is 0.122. The predicted molar refractivity (Wildman–Crippen MR) is 59.0 cm³/mol. The summed E-state index contributed by atoms with van der Waals surface area (Å²) in [7, 11) is -2.25. The molecule has 1 aromatic carbocycles. The van der Waals surface area contributed by atoms with E-state index in [1.54, 1.807) is 13.8 Å². The van der Waals surface area contributed by atoms with Crippen molar-refractivity contribution in [3.05, 3.63) is 28.8 Å². The molecule has 0 aromatic heterocycles. The standard InChI is InChI=1S/C11H12O3P/c1-7-4-8(2)11(9(3)5-7)15(14)10(13)6-12/h4-6H,1-3H3/q+1. The lowest BCUT2D eigenvalue weighted by Crippen LogP contribution is -2.12. The molecule has 15 heavy (non-hydrogen) atoms. The summed E-state index contributed by atoms with van der Waals surface area (Å²) in [5.41, 5.74) is 1.79. The molecule has 3 nitrogen and oxygen atoms in total. The summed E-state index contributed by atoms with van der Waals surface area (Å²) >= 11 is 0. The van der Waals surface area contributed by atoms with E-state index >= 15 is 0 Å². The van der Waals surface area contributed by atoms with E-state index in [0.717, 1.165) is 16.7 Å². The first-order valence-electron chi connectivity index (χ1n) is 4.51. The third-order valence-electron chi connectivity index (χ3n) is 2.14. The molecule has 1 unspecified atom stereocenters. The van der Waals surface area contributed by atoms with Crippen LogP contribution in [0.15, 0.2) is 12.1 Å². The van der Waals surface area contributed by atoms with Crippen molar-refractivity contribution in [1.29, 1.82) is 0 Å². The number of aldehydes is 1. The van der Waals surface area contributed by atoms with E-state index in [1.807, 2.05) is 19.1 Å². The van der Waals surface area contributed by atoms with E-state index in [-0.39, 0.29) is 6.29 Å². The Labute approximate surface area is 89.3 Å². The van der Waals surface area contributed by atoms with Crippen molar-refractivity contribution in [3.8, 4) is 0 Å². The SMILES string of the molecule is Cc1cc(C)c([P+](=O)C(=O)C=O)c(C)c1. The molecular formula is C11H12O3P+. The lowest BCUT2D eigenvalue weighted by atomic mass is 10.1. The van der Waals surface area contributed by atoms with Gasteiger partial charge in [-0.15, -0.1) is 0 Å². The molecule has 4 heteroatoms. The maximum atomic E-state index is 11.7. The van der Waals surface area contributed by atoms with Crippen molar-refractivity contribution in [3.63, 3.8) is 0 Å². The average molecular weight is 223 g/mol. The molecule has 1 atom stereocenters. The number of carbonyl (C=O) groups excluding carboxylic acids is 2. The van der Waals surface area contributed by atoms with Crippen LogP contribution in [0, 0.1) is 20.8 Å². The topological polar surface area (TPSA) is 51.2 Å². The molecule has 1 rings (SSSR count). The normalized spacial score (nSPS) is 11.0. The van der Waals surface area contributed by atoms with E-state index < -0.39 is 13.3 Å². The van der Waals surface area contributed by atoms with Crippen LogP contribution in [0.1, 0.15) is 16.7 Å². The van der Waals surface area contributed by atoms with Crippen molar-refractivity contribution in [2.45, 2.75) is 20.8 Å². The van der Waals surface area contributed by atoms with Crippen LogP contribution >= 0.6 is 7.80 Å². The second kappa shape index (κ2) is 4.45. The molecule has 0 saturated heterocycles. The van der Waals surface area contributed by atoms with Gasteiger partial charge in [-0.1, -0.05) is 22.3 Å². The first kappa shape index (κ1) is 11.7. The van der Waals surface area contributed by atoms with Gasteiger partial charge in [0.25, 0.3) is 0 Å². The minimum absolute atomic E-state index is 0.122. The average Bonchev–Trinajstić information content (AvgIpc) is 2.14. The summed E-state index contributed by atoms with van der Waals surface area (Å²) < 4.78 is 11.7. The number of rotatable bonds is 3. The molecule has 0 aliphatic heterocycles. The maximum Gasteiger partial charge on any atom is 0.462 e. The van der Waals surface area contributed by atoms with Crippen molar-refractivity contribution in [1.82, 2.24) is 0 Å². The molecule has 0 amide bonds. The van der Waals surface area contributed by atoms with Gasteiger partial charge in [-0.05, 0) is 20.8 Å². The predicted octanol–water partition coefficient (Wildman–Crippen LogP) is 1.79. The number of hydrogen-bond acceptors (Lipinski definition) is 3. The van der Waals surface area contributed by atoms with Crippen molar-refractivity contribution in [2.24, 2.45) is 0 Å². The molecule has 0 N–H and O–H groups in total. The number of carbonyl (C=O) groups is 2. The third kappa shape index (κ3) is 2.37. The van der Waals surface area contributed by atoms with Crippen molar-refractivity contribution in [2.75, 3.05) is 0 Å². The summed E-state index contributed by atoms with van der Waals surface area (Å²) in [6, 6.07) is 3.71. The summed E-state index contributed by atoms with van der Waals surface area (Å²) in [4.78, 5) is 21.3. The number of aryl methyl sites for hydroxylation is 3. The van der Waals surface area contributed by atoms with E-state index in [9.17, 15) is 14.2 Å². The number of benzene rings is 1. The van der Waals surface area contributed by atoms with Gasteiger partial charge in [0.1, 0.15) is 0 Å². The van der Waals surface area contributed by atoms with Gasteiger partial charge in [0, 0.05) is 11.1 Å². The highest BCUT2D eigenvalue weighted by Gasteiger charge is 2.34. The monoisotopic (exact) mass is 223 g/mol. The fourth-order valence-corrected chi connectivity index (χ4v) is 2.74. The molecule has 0 spiro atoms. The van der Waals surface area contributed by atoms with Crippen LogP contribution in [0.3, 0.4) is 0 Å². The zero-order valence-electron chi connectivity index (χ0n) is 8.90. The van der Waals surface area contributed by atoms with Crippen LogP contribution in [0.5, 0.6) is 0 Å². The van der Waals surface area contributed by atoms with Crippen LogP contribution < -0.4 is 5.30 Å². The molecule has 0 aliphatic carbocycles. The smallest absolute Gasteiger partial charge is 0.290 e. The first-order chi connectivity index (χ1) is 6.97. The lowest BCUT2D eigenvalue weighted by molar-refractivity contribution is -0.124. The summed E-state index contributed by atoms with van der Waals surface area (Å²) in [5.74, 6) is 0. The van der Waals surface area contributed by atoms with Crippen LogP contribution in [-0.4, -0.2) is 11.8 Å². The summed E-state index contributed by atoms with van der Waals surface area (Å²) in [5, 5.41) is 0.493. The van der Waals surface area contributed by atoms with Gasteiger partial charge in [0.15, 0.2) is 0 Å². The van der Waals surface area contributed by atoms with E-state index in [2.05, 4.69) is 0 Å². The minimum atomic E-state index is -2.25. The Morgan fingerprint density at radius 3 is 2.07 bits per heavy atom. The zero-order valence-corrected chi connectivity index (χ0v) is 9.80. The van der Waals surface area contributed by atoms with Crippen LogP contribution in [-0.2, 0) is 14.2 Å². The van der Waals surface area contributed by atoms with E-state index in [0.29, 0.717) is 5.30 Å². The van der Waals surface area contributed by atoms with Crippen LogP contribution in [0.2, 0.25) is 0 Å². The van der Waals surface area contributed by atoms with Crippen LogP contribution in [0.25, 0.3) is 0 Å². The second-order valence-electron chi connectivity index (χ2n) is 3.50. The molecule has 1 aromatic rings. The van der Waals surface area contributed by atoms with Gasteiger partial charge in [-0.25, -0.2) is 4.79 Å². The lowest BCUT2D eigenvalue weighted by Gasteiger charge is -2.00. The Morgan fingerprint density at radius 1 is 1.20 bits per heavy atom. The fourth-order valence-electron chi connectivity index (χ4n) is 1.65. The molecule has 0 heterocycles. The van der Waals surface area contributed by atoms with Gasteiger partial charge in [-0.2, -0.15) is 0 Å². The molecular weight excluding hydrogens is 211 g/mol. The highest BCUT2D eigenvalue weighted by atomic mass is 31.1. The molecule has 0 saturated carbocycles. The van der Waals surface area contributed by atoms with Gasteiger partial charge in [-0.3, -0.25) is 4.79 Å². The maximum absolute atomic E-state index is 11.7. The highest BCUT2D eigenvalue weighted by Crippen LogP contribution is 2.25. The van der Waals surface area contributed by atoms with Gasteiger partial charge < -0.3 is 0 Å². The molecule has 0 bridgehead atoms. The zero-order chi connectivity index (χ0) is 11.6. The van der Waals surface area contributed by atoms with Gasteiger partial charge in [0.2, 0.25) is 11.6 Å². The Bertz CT molecular complexity index is 426. The quantitative estimate of drug-likeness (QED) is 0.446. The third-order valence-corrected chi connectivity index (χ3v) is 3.76. The Morgan fingerprint density at radius 2 is 1.67 bits per heavy atom. The molecule has 0 radical (unpaired) electrons. The van der Waals surface area contributed by atoms with Gasteiger partial charge in [0.05, 0.1) is 0 Å². The van der Waals surface area contributed by atoms with E-state index in [1.165, 1.54) is 0 Å². The minimum Gasteiger partial charge on any atom is -0.290 e. The second-order valence-corrected chi connectivity index (χ2v) is 4.97. The van der Waals surface area contributed by atoms with Gasteiger partial charge >= 0.3 is 13.3 Å². The fraction of sp³-hybridized carbons (Fsp3) is 0.273. The highest BCUT2D eigenvalue weighted by molar-refractivity contribution is 7.73. The first-order valence-corrected chi connectivity index (χ1v) is 5.77.